The molecule has 0 aliphatic heterocycles. The van der Waals surface area contributed by atoms with Crippen LogP contribution in [0.5, 0.6) is 5.75 Å². The number of aliphatic hydroxyl groups is 1. The maximum Gasteiger partial charge on any atom is 0.460 e. The second-order valence-corrected chi connectivity index (χ2v) is 19.0. The Hall–Kier alpha value is -3.16. The lowest BCUT2D eigenvalue weighted by Gasteiger charge is -2.44. The molecular weight excluding hydrogens is 869 g/mol. The van der Waals surface area contributed by atoms with Crippen molar-refractivity contribution in [3.8, 4) is 5.75 Å². The number of carbonyl (C=O) groups excluding carboxylic acids is 1. The van der Waals surface area contributed by atoms with E-state index < -0.39 is 111 Å². The summed E-state index contributed by atoms with van der Waals surface area (Å²) >= 11 is 0. The first-order valence-corrected chi connectivity index (χ1v) is 19.3. The Morgan fingerprint density at radius 3 is 1.56 bits per heavy atom. The predicted octanol–water partition coefficient (Wildman–Crippen LogP) is 10.7. The van der Waals surface area contributed by atoms with Crippen molar-refractivity contribution in [2.45, 2.75) is 125 Å². The molecule has 0 aromatic heterocycles. The first-order valence-electron chi connectivity index (χ1n) is 17.0. The zero-order valence-electron chi connectivity index (χ0n) is 32.1. The maximum atomic E-state index is 14.9. The van der Waals surface area contributed by atoms with Gasteiger partial charge in [-0.05, 0) is 59.8 Å². The van der Waals surface area contributed by atoms with E-state index in [0.29, 0.717) is 16.7 Å². The van der Waals surface area contributed by atoms with Crippen molar-refractivity contribution >= 4 is 14.2 Å². The van der Waals surface area contributed by atoms with Crippen LogP contribution in [0.1, 0.15) is 59.6 Å². The fraction of sp³-hybridized carbons (Fsp3) is 0.676. The highest BCUT2D eigenvalue weighted by Gasteiger charge is 2.95. The minimum atomic E-state index is -8.69. The van der Waals surface area contributed by atoms with Gasteiger partial charge in [-0.25, -0.2) is 5.48 Å². The summed E-state index contributed by atoms with van der Waals surface area (Å²) in [4.78, 5) is 11.3. The highest BCUT2D eigenvalue weighted by molar-refractivity contribution is 6.76. The van der Waals surface area contributed by atoms with Crippen molar-refractivity contribution in [3.05, 3.63) is 53.1 Å². The molecular formula is C34H42F17NO6Si. The zero-order chi connectivity index (χ0) is 46.6. The van der Waals surface area contributed by atoms with E-state index in [0.717, 1.165) is 6.08 Å². The highest BCUT2D eigenvalue weighted by Crippen LogP contribution is 2.64. The number of benzene rings is 1. The van der Waals surface area contributed by atoms with Crippen LogP contribution in [0.25, 0.3) is 0 Å². The minimum Gasteiger partial charge on any atom is -0.491 e. The number of carbonyl (C=O) groups is 1. The molecule has 3 N–H and O–H groups in total. The molecule has 1 aromatic carbocycles. The third-order valence-corrected chi connectivity index (χ3v) is 15.1. The number of ether oxygens (including phenoxy) is 2. The van der Waals surface area contributed by atoms with Crippen molar-refractivity contribution in [1.82, 2.24) is 5.48 Å². The fourth-order valence-electron chi connectivity index (χ4n) is 5.97. The van der Waals surface area contributed by atoms with Crippen molar-refractivity contribution in [3.63, 3.8) is 0 Å². The molecule has 0 aliphatic carbocycles. The predicted molar refractivity (Wildman–Crippen MR) is 177 cm³/mol. The van der Waals surface area contributed by atoms with Gasteiger partial charge in [-0.15, -0.1) is 0 Å². The van der Waals surface area contributed by atoms with E-state index in [1.165, 1.54) is 77.6 Å². The first-order chi connectivity index (χ1) is 26.4. The van der Waals surface area contributed by atoms with E-state index in [9.17, 15) is 84.5 Å². The number of nitrogens with one attached hydrogen (secondary N) is 1. The first kappa shape index (κ1) is 53.9. The van der Waals surface area contributed by atoms with Crippen LogP contribution >= 0.6 is 0 Å². The number of aliphatic hydroxyl groups excluding tert-OH is 1. The Kier molecular flexibility index (Phi) is 17.2. The van der Waals surface area contributed by atoms with Crippen molar-refractivity contribution in [1.29, 1.82) is 0 Å². The largest absolute Gasteiger partial charge is 0.491 e. The molecule has 0 aliphatic rings. The lowest BCUT2D eigenvalue weighted by molar-refractivity contribution is -0.461. The van der Waals surface area contributed by atoms with Crippen LogP contribution in [-0.2, 0) is 14.0 Å². The molecule has 0 fully saturated rings. The lowest BCUT2D eigenvalue weighted by atomic mass is 9.88. The SMILES string of the molecule is CO[C@@H](/C(C)=C/C(C)=C/C(=O)NO)[C@@H](O)c1ccc(OCCO[Si](CCC(F)(F)C(F)(F)C(F)(F)C(F)(F)C(F)(F)C(F)(F)C(F)(F)C(F)(F)F)(C(C)C)C(C)C)cc1. The third kappa shape index (κ3) is 10.5. The van der Waals surface area contributed by atoms with Gasteiger partial charge in [0.2, 0.25) is 0 Å². The molecule has 1 amide bonds. The van der Waals surface area contributed by atoms with Gasteiger partial charge in [0.05, 0.1) is 6.61 Å². The van der Waals surface area contributed by atoms with Gasteiger partial charge in [0.15, 0.2) is 8.32 Å². The highest BCUT2D eigenvalue weighted by atomic mass is 28.4. The Bertz CT molecular complexity index is 1610. The molecule has 0 unspecified atom stereocenters. The maximum absolute atomic E-state index is 14.9. The summed E-state index contributed by atoms with van der Waals surface area (Å²) in [5, 5.41) is 19.5. The van der Waals surface area contributed by atoms with Crippen molar-refractivity contribution in [2.24, 2.45) is 0 Å². The van der Waals surface area contributed by atoms with Crippen LogP contribution < -0.4 is 10.2 Å². The molecule has 25 heteroatoms. The van der Waals surface area contributed by atoms with E-state index in [4.69, 9.17) is 19.1 Å². The standard InChI is InChI=1S/C34H42F17NO6Si/c1-18(2)59(19(3)4,58-14-13-57-23-10-8-22(9-11-23)25(54)26(56-7)21(6)16-20(5)17-24(53)52-55)15-12-27(35,36)28(37,38)29(39,40)30(41,42)31(43,44)32(45,46)33(47,48)34(49,50)51/h8-11,16-19,25-26,54-55H,12-15H2,1-7H3,(H,52,53)/b20-17+,21-16+/t25-,26-/m0/s1. The van der Waals surface area contributed by atoms with Gasteiger partial charge in [0.25, 0.3) is 5.91 Å². The summed E-state index contributed by atoms with van der Waals surface area (Å²) in [5.74, 6) is -57.5. The third-order valence-electron chi connectivity index (χ3n) is 9.43. The molecule has 0 radical (unpaired) electrons. The molecule has 1 aromatic rings. The smallest absolute Gasteiger partial charge is 0.460 e. The number of halogens is 17. The zero-order valence-corrected chi connectivity index (χ0v) is 33.1. The molecule has 342 valence electrons. The van der Waals surface area contributed by atoms with Crippen LogP contribution in [-0.4, -0.2) is 98.6 Å². The van der Waals surface area contributed by atoms with Crippen LogP contribution in [0.4, 0.5) is 74.6 Å². The second-order valence-electron chi connectivity index (χ2n) is 14.0. The van der Waals surface area contributed by atoms with E-state index in [1.54, 1.807) is 6.92 Å². The molecule has 0 saturated heterocycles. The number of hydroxylamine groups is 1. The van der Waals surface area contributed by atoms with Gasteiger partial charge in [0, 0.05) is 19.6 Å². The summed E-state index contributed by atoms with van der Waals surface area (Å²) in [7, 11) is -2.68. The summed E-state index contributed by atoms with van der Waals surface area (Å²) in [6.45, 7) is 7.45. The Morgan fingerprint density at radius 1 is 0.712 bits per heavy atom. The fourth-order valence-corrected chi connectivity index (χ4v) is 10.4. The van der Waals surface area contributed by atoms with Crippen LogP contribution in [0.3, 0.4) is 0 Å². The number of hydrogen-bond donors (Lipinski definition) is 3. The number of rotatable bonds is 22. The summed E-state index contributed by atoms with van der Waals surface area (Å²) in [6.07, 6.45) is -10.0. The number of methoxy groups -OCH3 is 1. The molecule has 59 heavy (non-hydrogen) atoms. The van der Waals surface area contributed by atoms with Gasteiger partial charge in [-0.2, -0.15) is 74.6 Å². The van der Waals surface area contributed by atoms with Crippen LogP contribution in [0.2, 0.25) is 17.1 Å². The van der Waals surface area contributed by atoms with Gasteiger partial charge in [-0.1, -0.05) is 45.9 Å². The number of allylic oxidation sites excluding steroid dienone is 2. The van der Waals surface area contributed by atoms with E-state index in [1.807, 2.05) is 0 Å². The molecule has 2 atom stereocenters. The molecule has 0 bridgehead atoms. The molecule has 0 spiro atoms. The summed E-state index contributed by atoms with van der Waals surface area (Å²) in [5.41, 5.74) is 0.828. The van der Waals surface area contributed by atoms with Crippen LogP contribution in [0, 0.1) is 0 Å². The van der Waals surface area contributed by atoms with Crippen molar-refractivity contribution < 1.29 is 104 Å². The normalized spacial score (nSPS) is 16.1. The van der Waals surface area contributed by atoms with Crippen LogP contribution in [0.15, 0.2) is 47.6 Å². The van der Waals surface area contributed by atoms with Gasteiger partial charge in [0.1, 0.15) is 24.6 Å². The Morgan fingerprint density at radius 2 is 1.15 bits per heavy atom. The number of alkyl halides is 17. The molecule has 0 saturated carbocycles. The average Bonchev–Trinajstić information content (AvgIpc) is 3.10. The second kappa shape index (κ2) is 18.8. The summed E-state index contributed by atoms with van der Waals surface area (Å²) in [6, 6.07) is 4.21. The van der Waals surface area contributed by atoms with Crippen molar-refractivity contribution in [2.75, 3.05) is 20.3 Å². The quantitative estimate of drug-likeness (QED) is 0.0204. The topological polar surface area (TPSA) is 97.3 Å². The Labute approximate surface area is 327 Å². The van der Waals surface area contributed by atoms with Gasteiger partial charge < -0.3 is 19.0 Å². The van der Waals surface area contributed by atoms with E-state index in [2.05, 4.69) is 0 Å². The van der Waals surface area contributed by atoms with E-state index in [-0.39, 0.29) is 5.75 Å². The lowest BCUT2D eigenvalue weighted by Crippen LogP contribution is -2.74. The Balaban J connectivity index is 3.25. The summed E-state index contributed by atoms with van der Waals surface area (Å²) < 4.78 is 251. The number of hydrogen-bond acceptors (Lipinski definition) is 6. The average molecular weight is 912 g/mol. The minimum absolute atomic E-state index is 0.116. The van der Waals surface area contributed by atoms with E-state index >= 15 is 0 Å². The molecule has 0 heterocycles. The number of amides is 1. The van der Waals surface area contributed by atoms with Gasteiger partial charge >= 0.3 is 47.6 Å². The van der Waals surface area contributed by atoms with Gasteiger partial charge in [-0.3, -0.25) is 10.0 Å². The molecule has 7 nitrogen and oxygen atoms in total. The molecule has 1 rings (SSSR count). The monoisotopic (exact) mass is 911 g/mol.